The Hall–Kier alpha value is -2.82. The van der Waals surface area contributed by atoms with Crippen molar-refractivity contribution in [3.05, 3.63) is 94.5 Å². The molecule has 0 aromatic heterocycles. The van der Waals surface area contributed by atoms with Gasteiger partial charge < -0.3 is 10.0 Å². The molecule has 0 aliphatic carbocycles. The number of aromatic hydroxyl groups is 1. The molecule has 1 fully saturated rings. The zero-order valence-corrected chi connectivity index (χ0v) is 24.8. The van der Waals surface area contributed by atoms with Crippen molar-refractivity contribution in [2.75, 3.05) is 45.2 Å². The Labute approximate surface area is 230 Å². The van der Waals surface area contributed by atoms with Crippen molar-refractivity contribution < 1.29 is 5.11 Å². The average molecular weight is 514 g/mol. The van der Waals surface area contributed by atoms with Gasteiger partial charge in [-0.2, -0.15) is 0 Å². The number of hydrogen-bond donors (Lipinski definition) is 1. The first-order chi connectivity index (χ1) is 17.8. The standard InChI is InChI=1S/C34H47N3O/c1-33(2,3)29-22-27(23-30(32(29)38)34(4,5)6)31(26-14-16-28(17-15-26)35(7)8)37-20-18-36(19-21-37)24-25-12-10-9-11-13-25/h9-17,22-23,31,38H,18-21,24H2,1-8H3/t31-/m0/s1. The van der Waals surface area contributed by atoms with Gasteiger partial charge in [0.05, 0.1) is 6.04 Å². The lowest BCUT2D eigenvalue weighted by atomic mass is 9.77. The second kappa shape index (κ2) is 11.1. The molecule has 1 saturated heterocycles. The molecule has 204 valence electrons. The van der Waals surface area contributed by atoms with Crippen LogP contribution in [-0.2, 0) is 17.4 Å². The molecular formula is C34H47N3O. The molecule has 3 aromatic carbocycles. The van der Waals surface area contributed by atoms with E-state index in [0.717, 1.165) is 43.9 Å². The van der Waals surface area contributed by atoms with Crippen molar-refractivity contribution in [3.63, 3.8) is 0 Å². The summed E-state index contributed by atoms with van der Waals surface area (Å²) in [7, 11) is 4.17. The van der Waals surface area contributed by atoms with Gasteiger partial charge in [0.15, 0.2) is 0 Å². The molecular weight excluding hydrogens is 466 g/mol. The van der Waals surface area contributed by atoms with Gasteiger partial charge in [-0.15, -0.1) is 0 Å². The molecule has 4 heteroatoms. The summed E-state index contributed by atoms with van der Waals surface area (Å²) in [6, 6.07) is 24.5. The second-order valence-electron chi connectivity index (χ2n) is 13.2. The third-order valence-corrected chi connectivity index (χ3v) is 7.81. The minimum Gasteiger partial charge on any atom is -0.507 e. The zero-order valence-electron chi connectivity index (χ0n) is 24.8. The molecule has 0 bridgehead atoms. The summed E-state index contributed by atoms with van der Waals surface area (Å²) in [5, 5.41) is 11.4. The van der Waals surface area contributed by atoms with Gasteiger partial charge in [0.2, 0.25) is 0 Å². The quantitative estimate of drug-likeness (QED) is 0.386. The topological polar surface area (TPSA) is 30.0 Å². The molecule has 0 radical (unpaired) electrons. The van der Waals surface area contributed by atoms with Gasteiger partial charge in [0.1, 0.15) is 5.75 Å². The number of anilines is 1. The Kier molecular flexibility index (Phi) is 8.25. The van der Waals surface area contributed by atoms with Gasteiger partial charge in [-0.05, 0) is 62.9 Å². The smallest absolute Gasteiger partial charge is 0.123 e. The van der Waals surface area contributed by atoms with E-state index in [0.29, 0.717) is 5.75 Å². The van der Waals surface area contributed by atoms with Crippen molar-refractivity contribution in [1.29, 1.82) is 0 Å². The van der Waals surface area contributed by atoms with Crippen molar-refractivity contribution in [3.8, 4) is 5.75 Å². The lowest BCUT2D eigenvalue weighted by Crippen LogP contribution is -2.47. The van der Waals surface area contributed by atoms with E-state index in [1.54, 1.807) is 0 Å². The molecule has 0 spiro atoms. The fourth-order valence-corrected chi connectivity index (χ4v) is 5.55. The molecule has 4 rings (SSSR count). The largest absolute Gasteiger partial charge is 0.507 e. The fraction of sp³-hybridized carbons (Fsp3) is 0.471. The van der Waals surface area contributed by atoms with E-state index in [1.807, 2.05) is 0 Å². The average Bonchev–Trinajstić information content (AvgIpc) is 2.85. The van der Waals surface area contributed by atoms with Crippen LogP contribution >= 0.6 is 0 Å². The summed E-state index contributed by atoms with van der Waals surface area (Å²) in [4.78, 5) is 7.35. The monoisotopic (exact) mass is 513 g/mol. The van der Waals surface area contributed by atoms with Crippen LogP contribution in [0.5, 0.6) is 5.75 Å². The van der Waals surface area contributed by atoms with Gasteiger partial charge in [-0.3, -0.25) is 9.80 Å². The van der Waals surface area contributed by atoms with Gasteiger partial charge in [0, 0.05) is 52.5 Å². The van der Waals surface area contributed by atoms with E-state index in [9.17, 15) is 5.11 Å². The van der Waals surface area contributed by atoms with E-state index in [1.165, 1.54) is 22.4 Å². The minimum absolute atomic E-state index is 0.132. The van der Waals surface area contributed by atoms with E-state index < -0.39 is 0 Å². The molecule has 0 saturated carbocycles. The van der Waals surface area contributed by atoms with Crippen LogP contribution in [0.2, 0.25) is 0 Å². The molecule has 1 heterocycles. The molecule has 1 N–H and O–H groups in total. The van der Waals surface area contributed by atoms with Crippen LogP contribution < -0.4 is 4.90 Å². The highest BCUT2D eigenvalue weighted by molar-refractivity contribution is 5.53. The number of piperazine rings is 1. The Bertz CT molecular complexity index is 1160. The molecule has 1 aliphatic rings. The molecule has 1 aliphatic heterocycles. The van der Waals surface area contributed by atoms with Crippen LogP contribution in [0.3, 0.4) is 0 Å². The maximum Gasteiger partial charge on any atom is 0.123 e. The summed E-state index contributed by atoms with van der Waals surface area (Å²) in [6.45, 7) is 18.3. The SMILES string of the molecule is CN(C)c1ccc([C@@H](c2cc(C(C)(C)C)c(O)c(C(C)(C)C)c2)N2CCN(Cc3ccccc3)CC2)cc1. The second-order valence-corrected chi connectivity index (χ2v) is 13.2. The van der Waals surface area contributed by atoms with Crippen LogP contribution in [0.1, 0.15) is 75.4 Å². The number of benzene rings is 3. The first-order valence-corrected chi connectivity index (χ1v) is 14.0. The number of hydrogen-bond acceptors (Lipinski definition) is 4. The predicted molar refractivity (Wildman–Crippen MR) is 161 cm³/mol. The van der Waals surface area contributed by atoms with E-state index in [4.69, 9.17) is 0 Å². The Morgan fingerprint density at radius 3 is 1.74 bits per heavy atom. The Balaban J connectivity index is 1.73. The molecule has 1 atom stereocenters. The van der Waals surface area contributed by atoms with Crippen LogP contribution in [0.4, 0.5) is 5.69 Å². The fourth-order valence-electron chi connectivity index (χ4n) is 5.55. The Morgan fingerprint density at radius 1 is 0.737 bits per heavy atom. The lowest BCUT2D eigenvalue weighted by molar-refractivity contribution is 0.105. The number of phenolic OH excluding ortho intramolecular Hbond substituents is 1. The van der Waals surface area contributed by atoms with Crippen LogP contribution in [-0.4, -0.2) is 55.2 Å². The van der Waals surface area contributed by atoms with Crippen molar-refractivity contribution >= 4 is 5.69 Å². The van der Waals surface area contributed by atoms with Gasteiger partial charge >= 0.3 is 0 Å². The van der Waals surface area contributed by atoms with E-state index in [-0.39, 0.29) is 16.9 Å². The summed E-state index contributed by atoms with van der Waals surface area (Å²) < 4.78 is 0. The van der Waals surface area contributed by atoms with Crippen molar-refractivity contribution in [2.24, 2.45) is 0 Å². The predicted octanol–water partition coefficient (Wildman–Crippen LogP) is 6.96. The maximum absolute atomic E-state index is 11.4. The van der Waals surface area contributed by atoms with E-state index in [2.05, 4.69) is 137 Å². The molecule has 38 heavy (non-hydrogen) atoms. The molecule has 4 nitrogen and oxygen atoms in total. The third-order valence-electron chi connectivity index (χ3n) is 7.81. The molecule has 3 aromatic rings. The number of rotatable bonds is 6. The maximum atomic E-state index is 11.4. The summed E-state index contributed by atoms with van der Waals surface area (Å²) in [6.07, 6.45) is 0. The summed E-state index contributed by atoms with van der Waals surface area (Å²) >= 11 is 0. The highest BCUT2D eigenvalue weighted by Crippen LogP contribution is 2.43. The van der Waals surface area contributed by atoms with E-state index >= 15 is 0 Å². The van der Waals surface area contributed by atoms with Crippen LogP contribution in [0.15, 0.2) is 66.7 Å². The first-order valence-electron chi connectivity index (χ1n) is 14.0. The summed E-state index contributed by atoms with van der Waals surface area (Å²) in [5.74, 6) is 0.447. The number of phenols is 1. The van der Waals surface area contributed by atoms with Gasteiger partial charge in [-0.1, -0.05) is 84.0 Å². The molecule has 0 amide bonds. The van der Waals surface area contributed by atoms with Crippen molar-refractivity contribution in [1.82, 2.24) is 9.80 Å². The number of nitrogens with zero attached hydrogens (tertiary/aromatic N) is 3. The zero-order chi connectivity index (χ0) is 27.7. The first kappa shape index (κ1) is 28.2. The Morgan fingerprint density at radius 2 is 1.26 bits per heavy atom. The highest BCUT2D eigenvalue weighted by Gasteiger charge is 2.32. The van der Waals surface area contributed by atoms with Gasteiger partial charge in [0.25, 0.3) is 0 Å². The van der Waals surface area contributed by atoms with Crippen molar-refractivity contribution in [2.45, 2.75) is 65.0 Å². The lowest BCUT2D eigenvalue weighted by Gasteiger charge is -2.40. The van der Waals surface area contributed by atoms with Gasteiger partial charge in [-0.25, -0.2) is 0 Å². The summed E-state index contributed by atoms with van der Waals surface area (Å²) in [5.41, 5.74) is 6.89. The molecule has 0 unspecified atom stereocenters. The normalized spacial score (nSPS) is 16.4. The third kappa shape index (κ3) is 6.42. The van der Waals surface area contributed by atoms with Crippen LogP contribution in [0, 0.1) is 0 Å². The highest BCUT2D eigenvalue weighted by atomic mass is 16.3. The minimum atomic E-state index is -0.159. The van der Waals surface area contributed by atoms with Crippen LogP contribution in [0.25, 0.3) is 0 Å².